The van der Waals surface area contributed by atoms with Gasteiger partial charge < -0.3 is 9.64 Å². The molecule has 0 radical (unpaired) electrons. The third kappa shape index (κ3) is 3.22. The Hall–Kier alpha value is -0.910. The predicted octanol–water partition coefficient (Wildman–Crippen LogP) is 1.61. The van der Waals surface area contributed by atoms with Gasteiger partial charge in [-0.1, -0.05) is 6.07 Å². The van der Waals surface area contributed by atoms with Crippen LogP contribution in [0.15, 0.2) is 17.5 Å². The van der Waals surface area contributed by atoms with Crippen molar-refractivity contribution in [3.8, 4) is 0 Å². The summed E-state index contributed by atoms with van der Waals surface area (Å²) in [5, 5.41) is 2.12. The Morgan fingerprint density at radius 3 is 2.95 bits per heavy atom. The maximum absolute atomic E-state index is 12.6. The number of hydrogen-bond acceptors (Lipinski definition) is 4. The van der Waals surface area contributed by atoms with Crippen LogP contribution in [0.3, 0.4) is 0 Å². The number of likely N-dealkylation sites (tertiary alicyclic amines) is 1. The van der Waals surface area contributed by atoms with Crippen molar-refractivity contribution in [1.82, 2.24) is 9.80 Å². The monoisotopic (exact) mass is 294 g/mol. The van der Waals surface area contributed by atoms with Crippen LogP contribution in [0.4, 0.5) is 0 Å². The van der Waals surface area contributed by atoms with Crippen LogP contribution in [0.1, 0.15) is 17.7 Å². The van der Waals surface area contributed by atoms with Crippen LogP contribution in [0.5, 0.6) is 0 Å². The second-order valence-corrected chi connectivity index (χ2v) is 6.49. The molecule has 2 aliphatic rings. The third-order valence-corrected chi connectivity index (χ3v) is 5.13. The summed E-state index contributed by atoms with van der Waals surface area (Å²) in [6.45, 7) is 4.96. The summed E-state index contributed by atoms with van der Waals surface area (Å²) in [5.74, 6) is 0.317. The summed E-state index contributed by atoms with van der Waals surface area (Å²) in [6.07, 6.45) is 3.22. The minimum absolute atomic E-state index is 0.105. The minimum Gasteiger partial charge on any atom is -0.378 e. The number of thiophene rings is 1. The van der Waals surface area contributed by atoms with Gasteiger partial charge in [-0.15, -0.1) is 11.3 Å². The summed E-state index contributed by atoms with van der Waals surface area (Å²) in [6, 6.07) is 4.38. The molecule has 2 saturated heterocycles. The van der Waals surface area contributed by atoms with Gasteiger partial charge >= 0.3 is 0 Å². The molecule has 0 aliphatic carbocycles. The van der Waals surface area contributed by atoms with Crippen molar-refractivity contribution in [2.24, 2.45) is 0 Å². The molecule has 0 bridgehead atoms. The summed E-state index contributed by atoms with van der Waals surface area (Å²) >= 11 is 1.81. The van der Waals surface area contributed by atoms with Gasteiger partial charge in [-0.05, 0) is 37.3 Å². The van der Waals surface area contributed by atoms with E-state index in [0.29, 0.717) is 19.1 Å². The van der Waals surface area contributed by atoms with Crippen LogP contribution in [0.25, 0.3) is 0 Å². The first-order valence-corrected chi connectivity index (χ1v) is 8.35. The molecule has 2 fully saturated rings. The van der Waals surface area contributed by atoms with E-state index in [1.54, 1.807) is 11.3 Å². The lowest BCUT2D eigenvalue weighted by atomic mass is 10.1. The SMILES string of the molecule is O=C(C1CCCN1CCc1cccs1)N1CCOCC1. The lowest BCUT2D eigenvalue weighted by Gasteiger charge is -2.32. The molecule has 1 atom stereocenters. The molecule has 110 valence electrons. The average Bonchev–Trinajstić information content (AvgIpc) is 3.16. The van der Waals surface area contributed by atoms with Gasteiger partial charge in [-0.3, -0.25) is 9.69 Å². The van der Waals surface area contributed by atoms with Gasteiger partial charge in [0.1, 0.15) is 0 Å². The van der Waals surface area contributed by atoms with Gasteiger partial charge in [0.2, 0.25) is 5.91 Å². The number of carbonyl (C=O) groups is 1. The molecule has 20 heavy (non-hydrogen) atoms. The molecule has 4 nitrogen and oxygen atoms in total. The second-order valence-electron chi connectivity index (χ2n) is 5.46. The Morgan fingerprint density at radius 2 is 2.20 bits per heavy atom. The van der Waals surface area contributed by atoms with Crippen LogP contribution in [-0.2, 0) is 16.0 Å². The molecular formula is C15H22N2O2S. The van der Waals surface area contributed by atoms with Crippen LogP contribution in [-0.4, -0.2) is 61.1 Å². The van der Waals surface area contributed by atoms with Crippen LogP contribution in [0, 0.1) is 0 Å². The Labute approximate surface area is 124 Å². The van der Waals surface area contributed by atoms with Crippen LogP contribution < -0.4 is 0 Å². The fourth-order valence-electron chi connectivity index (χ4n) is 3.08. The number of amides is 1. The highest BCUT2D eigenvalue weighted by molar-refractivity contribution is 7.09. The summed E-state index contributed by atoms with van der Waals surface area (Å²) in [4.78, 5) is 18.4. The van der Waals surface area contributed by atoms with E-state index >= 15 is 0 Å². The normalized spacial score (nSPS) is 24.2. The molecule has 1 aromatic rings. The smallest absolute Gasteiger partial charge is 0.240 e. The highest BCUT2D eigenvalue weighted by Gasteiger charge is 2.33. The number of morpholine rings is 1. The number of rotatable bonds is 4. The number of nitrogens with zero attached hydrogens (tertiary/aromatic N) is 2. The van der Waals surface area contributed by atoms with Gasteiger partial charge in [-0.25, -0.2) is 0 Å². The van der Waals surface area contributed by atoms with E-state index in [9.17, 15) is 4.79 Å². The molecule has 3 heterocycles. The Morgan fingerprint density at radius 1 is 1.35 bits per heavy atom. The molecule has 0 N–H and O–H groups in total. The number of ether oxygens (including phenoxy) is 1. The zero-order chi connectivity index (χ0) is 13.8. The zero-order valence-corrected chi connectivity index (χ0v) is 12.6. The van der Waals surface area contributed by atoms with Crippen molar-refractivity contribution < 1.29 is 9.53 Å². The molecule has 2 aliphatic heterocycles. The van der Waals surface area contributed by atoms with Crippen molar-refractivity contribution in [2.75, 3.05) is 39.4 Å². The largest absolute Gasteiger partial charge is 0.378 e. The van der Waals surface area contributed by atoms with Crippen molar-refractivity contribution >= 4 is 17.2 Å². The van der Waals surface area contributed by atoms with Gasteiger partial charge in [0, 0.05) is 24.5 Å². The minimum atomic E-state index is 0.105. The first-order chi connectivity index (χ1) is 9.84. The van der Waals surface area contributed by atoms with Crippen molar-refractivity contribution in [3.63, 3.8) is 0 Å². The fraction of sp³-hybridized carbons (Fsp3) is 0.667. The van der Waals surface area contributed by atoms with Gasteiger partial charge in [0.05, 0.1) is 19.3 Å². The highest BCUT2D eigenvalue weighted by Crippen LogP contribution is 2.21. The number of carbonyl (C=O) groups excluding carboxylic acids is 1. The lowest BCUT2D eigenvalue weighted by Crippen LogP contribution is -2.50. The molecule has 3 rings (SSSR count). The molecule has 0 spiro atoms. The van der Waals surface area contributed by atoms with Gasteiger partial charge in [0.25, 0.3) is 0 Å². The Bertz CT molecular complexity index is 429. The van der Waals surface area contributed by atoms with Crippen molar-refractivity contribution in [1.29, 1.82) is 0 Å². The second kappa shape index (κ2) is 6.70. The maximum Gasteiger partial charge on any atom is 0.240 e. The first kappa shape index (κ1) is 14.0. The van der Waals surface area contributed by atoms with Crippen LogP contribution in [0.2, 0.25) is 0 Å². The van der Waals surface area contributed by atoms with Crippen molar-refractivity contribution in [3.05, 3.63) is 22.4 Å². The van der Waals surface area contributed by atoms with Gasteiger partial charge in [-0.2, -0.15) is 0 Å². The summed E-state index contributed by atoms with van der Waals surface area (Å²) in [7, 11) is 0. The maximum atomic E-state index is 12.6. The summed E-state index contributed by atoms with van der Waals surface area (Å²) in [5.41, 5.74) is 0. The first-order valence-electron chi connectivity index (χ1n) is 7.47. The standard InChI is InChI=1S/C15H22N2O2S/c18-15(17-8-10-19-11-9-17)14-4-1-6-16(14)7-5-13-3-2-12-20-13/h2-3,12,14H,1,4-11H2. The van der Waals surface area contributed by atoms with E-state index in [-0.39, 0.29) is 6.04 Å². The van der Waals surface area contributed by atoms with Crippen LogP contribution >= 0.6 is 11.3 Å². The molecule has 5 heteroatoms. The van der Waals surface area contributed by atoms with Crippen molar-refractivity contribution in [2.45, 2.75) is 25.3 Å². The van der Waals surface area contributed by atoms with E-state index in [4.69, 9.17) is 4.74 Å². The molecular weight excluding hydrogens is 272 g/mol. The van der Waals surface area contributed by atoms with E-state index in [0.717, 1.165) is 45.4 Å². The quantitative estimate of drug-likeness (QED) is 0.846. The molecule has 1 amide bonds. The average molecular weight is 294 g/mol. The van der Waals surface area contributed by atoms with E-state index in [1.807, 2.05) is 4.90 Å². The Balaban J connectivity index is 1.55. The van der Waals surface area contributed by atoms with Gasteiger partial charge in [0.15, 0.2) is 0 Å². The van der Waals surface area contributed by atoms with E-state index < -0.39 is 0 Å². The molecule has 0 aromatic carbocycles. The third-order valence-electron chi connectivity index (χ3n) is 4.20. The zero-order valence-electron chi connectivity index (χ0n) is 11.8. The summed E-state index contributed by atoms with van der Waals surface area (Å²) < 4.78 is 5.33. The van der Waals surface area contributed by atoms with E-state index in [1.165, 1.54) is 4.88 Å². The highest BCUT2D eigenvalue weighted by atomic mass is 32.1. The molecule has 1 aromatic heterocycles. The molecule has 0 saturated carbocycles. The predicted molar refractivity (Wildman–Crippen MR) is 80.0 cm³/mol. The lowest BCUT2D eigenvalue weighted by molar-refractivity contribution is -0.140. The topological polar surface area (TPSA) is 32.8 Å². The molecule has 1 unspecified atom stereocenters. The Kier molecular flexibility index (Phi) is 4.70. The number of hydrogen-bond donors (Lipinski definition) is 0. The fourth-order valence-corrected chi connectivity index (χ4v) is 3.77. The van der Waals surface area contributed by atoms with E-state index in [2.05, 4.69) is 22.4 Å².